The minimum Gasteiger partial charge on any atom is -0.199 e. The van der Waals surface area contributed by atoms with Gasteiger partial charge in [0.15, 0.2) is 0 Å². The Morgan fingerprint density at radius 2 is 1.55 bits per heavy atom. The Hall–Kier alpha value is -1.80. The van der Waals surface area contributed by atoms with Gasteiger partial charge in [0.05, 0.1) is 17.7 Å². The Morgan fingerprint density at radius 3 is 1.82 bits per heavy atom. The Morgan fingerprint density at radius 1 is 1.09 bits per heavy atom. The van der Waals surface area contributed by atoms with Crippen molar-refractivity contribution in [1.29, 1.82) is 10.5 Å². The van der Waals surface area contributed by atoms with Gasteiger partial charge >= 0.3 is 0 Å². The van der Waals surface area contributed by atoms with E-state index in [2.05, 4.69) is 0 Å². The summed E-state index contributed by atoms with van der Waals surface area (Å²) in [4.78, 5) is 0. The molecule has 0 aromatic heterocycles. The molecular weight excluding hydrogens is 136 g/mol. The maximum Gasteiger partial charge on any atom is 0.0991 e. The molecule has 0 amide bonds. The molecule has 0 aliphatic carbocycles. The van der Waals surface area contributed by atoms with Gasteiger partial charge in [0, 0.05) is 6.92 Å². The lowest BCUT2D eigenvalue weighted by Crippen LogP contribution is -1.66. The zero-order chi connectivity index (χ0) is 8.53. The summed E-state index contributed by atoms with van der Waals surface area (Å²) in [5.41, 5.74) is 0.715. The van der Waals surface area contributed by atoms with E-state index in [9.17, 15) is 0 Å². The quantitative estimate of drug-likeness (QED) is 0.559. The fourth-order valence-corrected chi connectivity index (χ4v) is 0.513. The second kappa shape index (κ2) is 6.32. The zero-order valence-corrected chi connectivity index (χ0v) is 6.28. The first kappa shape index (κ1) is 9.20. The zero-order valence-electron chi connectivity index (χ0n) is 6.28. The van der Waals surface area contributed by atoms with Crippen LogP contribution in [-0.2, 0) is 0 Å². The van der Waals surface area contributed by atoms with Crippen LogP contribution in [-0.4, -0.2) is 0 Å². The van der Waals surface area contributed by atoms with E-state index < -0.39 is 0 Å². The van der Waals surface area contributed by atoms with E-state index in [1.165, 1.54) is 6.92 Å². The van der Waals surface area contributed by atoms with Crippen molar-refractivity contribution in [3.8, 4) is 12.1 Å². The van der Waals surface area contributed by atoms with Crippen molar-refractivity contribution in [1.82, 2.24) is 0 Å². The summed E-state index contributed by atoms with van der Waals surface area (Å²) in [7, 11) is 0. The first-order valence-corrected chi connectivity index (χ1v) is 3.11. The average molecular weight is 144 g/mol. The second-order valence-corrected chi connectivity index (χ2v) is 1.70. The molecule has 54 valence electrons. The molecule has 0 N–H and O–H groups in total. The van der Waals surface area contributed by atoms with Crippen molar-refractivity contribution in [2.75, 3.05) is 0 Å². The number of hydrogen-bond donors (Lipinski definition) is 0. The van der Waals surface area contributed by atoms with E-state index in [0.717, 1.165) is 0 Å². The maximum absolute atomic E-state index is 8.29. The van der Waals surface area contributed by atoms with Gasteiger partial charge in [0.2, 0.25) is 0 Å². The first-order valence-electron chi connectivity index (χ1n) is 3.11. The fraction of sp³-hybridized carbons (Fsp3) is 0.111. The van der Waals surface area contributed by atoms with Crippen molar-refractivity contribution in [2.24, 2.45) is 0 Å². The topological polar surface area (TPSA) is 47.6 Å². The highest BCUT2D eigenvalue weighted by Crippen LogP contribution is 1.92. The molecule has 0 spiro atoms. The lowest BCUT2D eigenvalue weighted by molar-refractivity contribution is 1.49. The van der Waals surface area contributed by atoms with E-state index in [0.29, 0.717) is 5.56 Å². The second-order valence-electron chi connectivity index (χ2n) is 1.70. The van der Waals surface area contributed by atoms with Gasteiger partial charge < -0.3 is 0 Å². The van der Waals surface area contributed by atoms with Crippen LogP contribution in [0.4, 0.5) is 0 Å². The number of rotatable bonds is 0. The fourth-order valence-electron chi connectivity index (χ4n) is 0.513. The third-order valence-corrected chi connectivity index (χ3v) is 0.903. The molecule has 1 aromatic carbocycles. The monoisotopic (exact) mass is 144 g/mol. The minimum absolute atomic E-state index is 0.715. The van der Waals surface area contributed by atoms with Crippen molar-refractivity contribution < 1.29 is 0 Å². The molecule has 1 rings (SSSR count). The summed E-state index contributed by atoms with van der Waals surface area (Å²) >= 11 is 0. The normalized spacial score (nSPS) is 6.45. The molecule has 0 unspecified atom stereocenters. The third-order valence-electron chi connectivity index (χ3n) is 0.903. The van der Waals surface area contributed by atoms with E-state index in [4.69, 9.17) is 10.5 Å². The molecule has 0 fully saturated rings. The van der Waals surface area contributed by atoms with Gasteiger partial charge in [-0.2, -0.15) is 10.5 Å². The molecule has 0 aliphatic heterocycles. The Balaban J connectivity index is 0.000000292. The molecule has 2 nitrogen and oxygen atoms in total. The van der Waals surface area contributed by atoms with Crippen LogP contribution in [0.5, 0.6) is 0 Å². The number of benzene rings is 1. The highest BCUT2D eigenvalue weighted by atomic mass is 14.2. The molecule has 0 saturated carbocycles. The average Bonchev–Trinajstić information content (AvgIpc) is 2.08. The summed E-state index contributed by atoms with van der Waals surface area (Å²) in [5.74, 6) is 0. The Labute approximate surface area is 66.3 Å². The lowest BCUT2D eigenvalue weighted by Gasteiger charge is -1.80. The molecule has 11 heavy (non-hydrogen) atoms. The molecule has 0 heterocycles. The highest BCUT2D eigenvalue weighted by Gasteiger charge is 1.79. The van der Waals surface area contributed by atoms with Crippen LogP contribution in [0.1, 0.15) is 12.5 Å². The van der Waals surface area contributed by atoms with Gasteiger partial charge in [-0.3, -0.25) is 0 Å². The summed E-state index contributed by atoms with van der Waals surface area (Å²) in [6, 6.07) is 12.9. The van der Waals surface area contributed by atoms with Gasteiger partial charge in [-0.15, -0.1) is 0 Å². The van der Waals surface area contributed by atoms with E-state index >= 15 is 0 Å². The van der Waals surface area contributed by atoms with E-state index in [-0.39, 0.29) is 0 Å². The van der Waals surface area contributed by atoms with Crippen LogP contribution in [0.25, 0.3) is 0 Å². The van der Waals surface area contributed by atoms with E-state index in [1.54, 1.807) is 18.2 Å². The summed E-state index contributed by atoms with van der Waals surface area (Å²) in [6.07, 6.45) is 0. The van der Waals surface area contributed by atoms with Crippen molar-refractivity contribution >= 4 is 0 Å². The number of nitrogens with zero attached hydrogens (tertiary/aromatic N) is 2. The van der Waals surface area contributed by atoms with Crippen LogP contribution in [0, 0.1) is 22.7 Å². The Bertz CT molecular complexity index is 264. The smallest absolute Gasteiger partial charge is 0.0991 e. The van der Waals surface area contributed by atoms with Crippen LogP contribution >= 0.6 is 0 Å². The van der Waals surface area contributed by atoms with Crippen LogP contribution in [0.15, 0.2) is 30.3 Å². The number of nitriles is 2. The molecule has 1 aromatic rings. The standard InChI is InChI=1S/C7H5N.C2H3N/c8-6-7-4-2-1-3-5-7;1-2-3/h1-5H;1H3. The minimum atomic E-state index is 0.715. The van der Waals surface area contributed by atoms with E-state index in [1.807, 2.05) is 24.3 Å². The predicted octanol–water partition coefficient (Wildman–Crippen LogP) is 2.09. The summed E-state index contributed by atoms with van der Waals surface area (Å²) in [5, 5.41) is 15.6. The molecule has 2 heteroatoms. The van der Waals surface area contributed by atoms with Gasteiger partial charge in [0.1, 0.15) is 0 Å². The highest BCUT2D eigenvalue weighted by molar-refractivity contribution is 5.27. The predicted molar refractivity (Wildman–Crippen MR) is 42.4 cm³/mol. The van der Waals surface area contributed by atoms with Crippen molar-refractivity contribution in [3.63, 3.8) is 0 Å². The SMILES string of the molecule is CC#N.N#Cc1ccccc1. The van der Waals surface area contributed by atoms with Gasteiger partial charge in [-0.25, -0.2) is 0 Å². The van der Waals surface area contributed by atoms with Crippen LogP contribution in [0.2, 0.25) is 0 Å². The molecule has 0 radical (unpaired) electrons. The third kappa shape index (κ3) is 4.69. The van der Waals surface area contributed by atoms with Crippen LogP contribution in [0.3, 0.4) is 0 Å². The van der Waals surface area contributed by atoms with Gasteiger partial charge in [-0.05, 0) is 12.1 Å². The largest absolute Gasteiger partial charge is 0.199 e. The van der Waals surface area contributed by atoms with Crippen molar-refractivity contribution in [2.45, 2.75) is 6.92 Å². The number of hydrogen-bond acceptors (Lipinski definition) is 2. The molecule has 0 atom stereocenters. The van der Waals surface area contributed by atoms with Gasteiger partial charge in [0.25, 0.3) is 0 Å². The van der Waals surface area contributed by atoms with Gasteiger partial charge in [-0.1, -0.05) is 18.2 Å². The summed E-state index contributed by atoms with van der Waals surface area (Å²) < 4.78 is 0. The molecular formula is C9H8N2. The summed E-state index contributed by atoms with van der Waals surface area (Å²) in [6.45, 7) is 1.43. The molecule has 0 bridgehead atoms. The molecule has 0 saturated heterocycles. The molecule has 0 aliphatic rings. The van der Waals surface area contributed by atoms with Crippen molar-refractivity contribution in [3.05, 3.63) is 35.9 Å². The Kier molecular flexibility index (Phi) is 5.29. The lowest BCUT2D eigenvalue weighted by atomic mass is 10.2. The first-order chi connectivity index (χ1) is 5.35. The van der Waals surface area contributed by atoms with Crippen LogP contribution < -0.4 is 0 Å². The maximum atomic E-state index is 8.29.